The van der Waals surface area contributed by atoms with Gasteiger partial charge in [0.1, 0.15) is 5.82 Å². The van der Waals surface area contributed by atoms with Crippen LogP contribution in [0.3, 0.4) is 0 Å². The van der Waals surface area contributed by atoms with E-state index in [2.05, 4.69) is 9.97 Å². The Morgan fingerprint density at radius 1 is 1.21 bits per heavy atom. The molecule has 1 aromatic carbocycles. The van der Waals surface area contributed by atoms with Crippen LogP contribution < -0.4 is 4.90 Å². The molecule has 0 saturated carbocycles. The summed E-state index contributed by atoms with van der Waals surface area (Å²) in [5.41, 5.74) is -0.587. The molecule has 1 aliphatic heterocycles. The maximum absolute atomic E-state index is 13.6. The van der Waals surface area contributed by atoms with Crippen LogP contribution in [0, 0.1) is 5.92 Å². The number of ketones is 1. The number of Topliss-reactive ketones (excluding diaryl/α,β-unsaturated/α-hetero) is 1. The molecule has 34 heavy (non-hydrogen) atoms. The molecule has 0 spiro atoms. The van der Waals surface area contributed by atoms with E-state index in [1.807, 2.05) is 18.4 Å². The number of sulfone groups is 1. The summed E-state index contributed by atoms with van der Waals surface area (Å²) in [4.78, 5) is 26.1. The summed E-state index contributed by atoms with van der Waals surface area (Å²) < 4.78 is 66.9. The second-order valence-corrected chi connectivity index (χ2v) is 10.9. The number of aromatic nitrogens is 4. The highest BCUT2D eigenvalue weighted by Crippen LogP contribution is 2.38. The molecule has 4 rings (SSSR count). The molecule has 0 fully saturated rings. The first-order valence-corrected chi connectivity index (χ1v) is 12.6. The lowest BCUT2D eigenvalue weighted by atomic mass is 10.0. The van der Waals surface area contributed by atoms with Gasteiger partial charge in [-0.25, -0.2) is 23.4 Å². The van der Waals surface area contributed by atoms with Crippen LogP contribution in [-0.2, 0) is 22.6 Å². The Morgan fingerprint density at radius 3 is 2.50 bits per heavy atom. The number of imidazole rings is 1. The van der Waals surface area contributed by atoms with E-state index in [0.29, 0.717) is 29.8 Å². The molecular weight excluding hydrogens is 471 g/mol. The Kier molecular flexibility index (Phi) is 5.91. The molecule has 1 aliphatic rings. The van der Waals surface area contributed by atoms with Gasteiger partial charge in [0.15, 0.2) is 21.3 Å². The van der Waals surface area contributed by atoms with Crippen molar-refractivity contribution in [1.29, 1.82) is 0 Å². The number of benzene rings is 1. The molecule has 1 unspecified atom stereocenters. The van der Waals surface area contributed by atoms with Gasteiger partial charge in [0, 0.05) is 25.5 Å². The molecule has 3 aromatic rings. The van der Waals surface area contributed by atoms with E-state index >= 15 is 0 Å². The van der Waals surface area contributed by atoms with Crippen molar-refractivity contribution >= 4 is 32.6 Å². The molecule has 182 valence electrons. The Morgan fingerprint density at radius 2 is 1.91 bits per heavy atom. The lowest BCUT2D eigenvalue weighted by Crippen LogP contribution is -2.40. The van der Waals surface area contributed by atoms with Crippen molar-refractivity contribution in [1.82, 2.24) is 19.5 Å². The lowest BCUT2D eigenvalue weighted by Gasteiger charge is -2.37. The van der Waals surface area contributed by atoms with E-state index in [-0.39, 0.29) is 23.3 Å². The summed E-state index contributed by atoms with van der Waals surface area (Å²) in [5, 5.41) is 0. The highest BCUT2D eigenvalue weighted by molar-refractivity contribution is 7.90. The van der Waals surface area contributed by atoms with Gasteiger partial charge in [-0.3, -0.25) is 4.79 Å². The van der Waals surface area contributed by atoms with Crippen LogP contribution in [0.5, 0.6) is 0 Å². The van der Waals surface area contributed by atoms with Crippen LogP contribution >= 0.6 is 0 Å². The largest absolute Gasteiger partial charge is 0.434 e. The summed E-state index contributed by atoms with van der Waals surface area (Å²) in [6, 6.07) is 4.26. The van der Waals surface area contributed by atoms with E-state index < -0.39 is 39.1 Å². The zero-order valence-electron chi connectivity index (χ0n) is 19.1. The van der Waals surface area contributed by atoms with Gasteiger partial charge in [-0.15, -0.1) is 0 Å². The number of hydrogen-bond acceptors (Lipinski definition) is 7. The molecule has 2 aromatic heterocycles. The number of anilines is 1. The van der Waals surface area contributed by atoms with E-state index in [4.69, 9.17) is 4.98 Å². The normalized spacial score (nSPS) is 16.8. The van der Waals surface area contributed by atoms with Crippen molar-refractivity contribution in [2.75, 3.05) is 17.7 Å². The first-order valence-electron chi connectivity index (χ1n) is 10.7. The zero-order valence-corrected chi connectivity index (χ0v) is 19.9. The molecule has 0 N–H and O–H groups in total. The third kappa shape index (κ3) is 4.38. The predicted octanol–water partition coefficient (Wildman–Crippen LogP) is 4.06. The highest BCUT2D eigenvalue weighted by atomic mass is 32.2. The standard InChI is InChI=1S/C22H24F3N5O3S/c1-12(2)9-18-20-27-16-6-5-14(34(4,32)33)10-17(16)29(20)7-8-30(18)21-26-11-15(13(3)31)19(28-21)22(23,24)25/h5-6,10-12,18H,7-9H2,1-4H3. The van der Waals surface area contributed by atoms with Crippen LogP contribution in [-0.4, -0.2) is 46.5 Å². The number of nitrogens with zero attached hydrogens (tertiary/aromatic N) is 5. The molecule has 1 atom stereocenters. The lowest BCUT2D eigenvalue weighted by molar-refractivity contribution is -0.141. The van der Waals surface area contributed by atoms with Crippen molar-refractivity contribution in [3.05, 3.63) is 41.5 Å². The van der Waals surface area contributed by atoms with Gasteiger partial charge >= 0.3 is 6.18 Å². The molecule has 0 amide bonds. The molecule has 8 nitrogen and oxygen atoms in total. The van der Waals surface area contributed by atoms with Crippen LogP contribution in [0.1, 0.15) is 55.1 Å². The van der Waals surface area contributed by atoms with Crippen molar-refractivity contribution in [3.63, 3.8) is 0 Å². The van der Waals surface area contributed by atoms with E-state index in [1.54, 1.807) is 17.0 Å². The Bertz CT molecular complexity index is 1380. The SMILES string of the molecule is CC(=O)c1cnc(N2CCn3c(nc4ccc(S(C)(=O)=O)cc43)C2CC(C)C)nc1C(F)(F)F. The van der Waals surface area contributed by atoms with E-state index in [9.17, 15) is 26.4 Å². The maximum Gasteiger partial charge on any atom is 0.434 e. The third-order valence-corrected chi connectivity index (χ3v) is 6.90. The quantitative estimate of drug-likeness (QED) is 0.493. The minimum Gasteiger partial charge on any atom is -0.329 e. The number of hydrogen-bond donors (Lipinski definition) is 0. The topological polar surface area (TPSA) is 98.0 Å². The Hall–Kier alpha value is -3.02. The van der Waals surface area contributed by atoms with Gasteiger partial charge in [0.2, 0.25) is 5.95 Å². The third-order valence-electron chi connectivity index (χ3n) is 5.79. The van der Waals surface area contributed by atoms with Gasteiger partial charge in [-0.1, -0.05) is 13.8 Å². The monoisotopic (exact) mass is 495 g/mol. The smallest absolute Gasteiger partial charge is 0.329 e. The Balaban J connectivity index is 1.85. The van der Waals surface area contributed by atoms with Crippen molar-refractivity contribution < 1.29 is 26.4 Å². The number of carbonyl (C=O) groups excluding carboxylic acids is 1. The van der Waals surface area contributed by atoms with Gasteiger partial charge in [-0.2, -0.15) is 13.2 Å². The fourth-order valence-electron chi connectivity index (χ4n) is 4.25. The second-order valence-electron chi connectivity index (χ2n) is 8.87. The molecule has 0 radical (unpaired) electrons. The highest BCUT2D eigenvalue weighted by Gasteiger charge is 2.39. The number of alkyl halides is 3. The van der Waals surface area contributed by atoms with Gasteiger partial charge in [0.25, 0.3) is 0 Å². The fraction of sp³-hybridized carbons (Fsp3) is 0.455. The van der Waals surface area contributed by atoms with Crippen LogP contribution in [0.4, 0.5) is 19.1 Å². The van der Waals surface area contributed by atoms with Crippen molar-refractivity contribution in [2.45, 2.75) is 50.9 Å². The number of halogens is 3. The van der Waals surface area contributed by atoms with Crippen molar-refractivity contribution in [3.8, 4) is 0 Å². The Labute approximate surface area is 194 Å². The van der Waals surface area contributed by atoms with E-state index in [1.165, 1.54) is 6.07 Å². The summed E-state index contributed by atoms with van der Waals surface area (Å²) in [6.45, 7) is 5.66. The molecule has 0 saturated heterocycles. The summed E-state index contributed by atoms with van der Waals surface area (Å²) in [7, 11) is -3.42. The first-order chi connectivity index (χ1) is 15.8. The summed E-state index contributed by atoms with van der Waals surface area (Å²) >= 11 is 0. The molecular formula is C22H24F3N5O3S. The predicted molar refractivity (Wildman–Crippen MR) is 119 cm³/mol. The van der Waals surface area contributed by atoms with Gasteiger partial charge in [-0.05, 0) is 37.5 Å². The second kappa shape index (κ2) is 8.33. The molecule has 0 bridgehead atoms. The maximum atomic E-state index is 13.6. The summed E-state index contributed by atoms with van der Waals surface area (Å²) in [5.74, 6) is -0.116. The van der Waals surface area contributed by atoms with E-state index in [0.717, 1.165) is 19.4 Å². The average molecular weight is 496 g/mol. The molecule has 12 heteroatoms. The molecule has 0 aliphatic carbocycles. The van der Waals surface area contributed by atoms with Crippen LogP contribution in [0.2, 0.25) is 0 Å². The minimum atomic E-state index is -4.81. The summed E-state index contributed by atoms with van der Waals surface area (Å²) in [6.07, 6.45) is -2.19. The fourth-order valence-corrected chi connectivity index (χ4v) is 4.89. The number of fused-ring (bicyclic) bond motifs is 3. The number of rotatable bonds is 5. The molecule has 3 heterocycles. The van der Waals surface area contributed by atoms with Gasteiger partial charge < -0.3 is 9.47 Å². The van der Waals surface area contributed by atoms with Crippen LogP contribution in [0.15, 0.2) is 29.3 Å². The number of carbonyl (C=O) groups is 1. The van der Waals surface area contributed by atoms with Crippen LogP contribution in [0.25, 0.3) is 11.0 Å². The zero-order chi connectivity index (χ0) is 25.0. The van der Waals surface area contributed by atoms with Gasteiger partial charge in [0.05, 0.1) is 27.5 Å². The van der Waals surface area contributed by atoms with Crippen molar-refractivity contribution in [2.24, 2.45) is 5.92 Å². The first kappa shape index (κ1) is 24.1. The average Bonchev–Trinajstić information content (AvgIpc) is 3.10. The minimum absolute atomic E-state index is 0.127.